The summed E-state index contributed by atoms with van der Waals surface area (Å²) in [7, 11) is 0. The number of β-amino-alcohol motifs (C(OH)–C–C–N with tert-alkyl or cyclic N) is 1. The van der Waals surface area contributed by atoms with Gasteiger partial charge in [0.15, 0.2) is 0 Å². The van der Waals surface area contributed by atoms with Gasteiger partial charge in [0.05, 0.1) is 6.10 Å². The zero-order chi connectivity index (χ0) is 20.9. The smallest absolute Gasteiger partial charge is 0.120 e. The third-order valence-corrected chi connectivity index (χ3v) is 4.84. The monoisotopic (exact) mass is 384 g/mol. The molecular formula is C24H36N2O2. The van der Waals surface area contributed by atoms with Gasteiger partial charge < -0.3 is 15.5 Å². The van der Waals surface area contributed by atoms with Gasteiger partial charge in [0.25, 0.3) is 0 Å². The molecule has 0 aliphatic carbocycles. The number of hydrogen-bond donors (Lipinski definition) is 3. The summed E-state index contributed by atoms with van der Waals surface area (Å²) in [5, 5.41) is 24.3. The Labute approximate surface area is 170 Å². The largest absolute Gasteiger partial charge is 0.508 e. The Morgan fingerprint density at radius 1 is 0.929 bits per heavy atom. The minimum Gasteiger partial charge on any atom is -0.508 e. The molecule has 28 heavy (non-hydrogen) atoms. The van der Waals surface area contributed by atoms with E-state index in [-0.39, 0.29) is 16.8 Å². The van der Waals surface area contributed by atoms with Gasteiger partial charge >= 0.3 is 0 Å². The van der Waals surface area contributed by atoms with Crippen LogP contribution in [0.25, 0.3) is 0 Å². The van der Waals surface area contributed by atoms with Crippen molar-refractivity contribution in [2.24, 2.45) is 0 Å². The van der Waals surface area contributed by atoms with Crippen LogP contribution in [0.5, 0.6) is 5.75 Å². The summed E-state index contributed by atoms with van der Waals surface area (Å²) >= 11 is 0. The summed E-state index contributed by atoms with van der Waals surface area (Å²) in [4.78, 5) is 2.33. The normalized spacial score (nSPS) is 13.7. The highest BCUT2D eigenvalue weighted by Gasteiger charge is 2.23. The highest BCUT2D eigenvalue weighted by molar-refractivity contribution is 5.37. The van der Waals surface area contributed by atoms with Gasteiger partial charge in [-0.25, -0.2) is 0 Å². The Hall–Kier alpha value is -1.88. The molecule has 3 N–H and O–H groups in total. The van der Waals surface area contributed by atoms with Crippen LogP contribution < -0.4 is 5.32 Å². The number of aromatic hydroxyl groups is 1. The van der Waals surface area contributed by atoms with E-state index >= 15 is 0 Å². The molecule has 2 rings (SSSR count). The molecular weight excluding hydrogens is 348 g/mol. The van der Waals surface area contributed by atoms with E-state index in [2.05, 4.69) is 63.9 Å². The van der Waals surface area contributed by atoms with E-state index in [4.69, 9.17) is 0 Å². The van der Waals surface area contributed by atoms with Gasteiger partial charge in [-0.15, -0.1) is 0 Å². The summed E-state index contributed by atoms with van der Waals surface area (Å²) < 4.78 is 0. The number of nitrogens with zero attached hydrogens (tertiary/aromatic N) is 1. The fourth-order valence-corrected chi connectivity index (χ4v) is 3.00. The van der Waals surface area contributed by atoms with Gasteiger partial charge in [0.1, 0.15) is 5.75 Å². The lowest BCUT2D eigenvalue weighted by atomic mass is 10.00. The number of nitrogens with one attached hydrogen (secondary N) is 1. The van der Waals surface area contributed by atoms with Crippen molar-refractivity contribution in [3.05, 3.63) is 65.2 Å². The summed E-state index contributed by atoms with van der Waals surface area (Å²) in [5.74, 6) is 0.266. The lowest BCUT2D eigenvalue weighted by Crippen LogP contribution is -2.40. The highest BCUT2D eigenvalue weighted by atomic mass is 16.3. The molecule has 4 nitrogen and oxygen atoms in total. The Morgan fingerprint density at radius 2 is 1.57 bits per heavy atom. The van der Waals surface area contributed by atoms with Crippen molar-refractivity contribution < 1.29 is 10.2 Å². The van der Waals surface area contributed by atoms with Gasteiger partial charge in [0.2, 0.25) is 0 Å². The SMILES string of the molecule is CC(C)(C)NCC(O)c1ccc(O)c(CN(Cc2ccccc2)C(C)(C)C)c1. The average Bonchev–Trinajstić information content (AvgIpc) is 2.60. The molecule has 2 aromatic carbocycles. The summed E-state index contributed by atoms with van der Waals surface area (Å²) in [6.07, 6.45) is -0.615. The second kappa shape index (κ2) is 9.08. The molecule has 0 saturated carbocycles. The van der Waals surface area contributed by atoms with Crippen LogP contribution in [0, 0.1) is 0 Å². The quantitative estimate of drug-likeness (QED) is 0.652. The molecule has 0 aliphatic heterocycles. The molecule has 154 valence electrons. The third kappa shape index (κ3) is 6.93. The van der Waals surface area contributed by atoms with Crippen LogP contribution in [-0.4, -0.2) is 32.7 Å². The first kappa shape index (κ1) is 22.4. The number of phenols is 1. The van der Waals surface area contributed by atoms with E-state index in [0.29, 0.717) is 13.1 Å². The lowest BCUT2D eigenvalue weighted by molar-refractivity contribution is 0.117. The Bertz CT molecular complexity index is 745. The minimum atomic E-state index is -0.615. The van der Waals surface area contributed by atoms with E-state index in [1.54, 1.807) is 12.1 Å². The zero-order valence-electron chi connectivity index (χ0n) is 18.2. The Balaban J connectivity index is 2.19. The fourth-order valence-electron chi connectivity index (χ4n) is 3.00. The van der Waals surface area contributed by atoms with Crippen LogP contribution in [0.2, 0.25) is 0 Å². The number of aliphatic hydroxyl groups is 1. The fraction of sp³-hybridized carbons (Fsp3) is 0.500. The molecule has 0 aromatic heterocycles. The Morgan fingerprint density at radius 3 is 2.14 bits per heavy atom. The number of hydrogen-bond acceptors (Lipinski definition) is 4. The molecule has 0 aliphatic rings. The van der Waals surface area contributed by atoms with Crippen molar-refractivity contribution in [3.8, 4) is 5.75 Å². The lowest BCUT2D eigenvalue weighted by Gasteiger charge is -2.36. The summed E-state index contributed by atoms with van der Waals surface area (Å²) in [6, 6.07) is 15.8. The number of benzene rings is 2. The predicted octanol–water partition coefficient (Wildman–Crippen LogP) is 4.61. The molecule has 0 fully saturated rings. The first-order valence-corrected chi connectivity index (χ1v) is 9.99. The predicted molar refractivity (Wildman–Crippen MR) is 116 cm³/mol. The van der Waals surface area contributed by atoms with Crippen LogP contribution in [0.1, 0.15) is 64.3 Å². The Kier molecular flexibility index (Phi) is 7.27. The van der Waals surface area contributed by atoms with E-state index in [9.17, 15) is 10.2 Å². The molecule has 0 amide bonds. The van der Waals surface area contributed by atoms with E-state index in [1.165, 1.54) is 5.56 Å². The molecule has 1 unspecified atom stereocenters. The second-order valence-electron chi connectivity index (χ2n) is 9.55. The zero-order valence-corrected chi connectivity index (χ0v) is 18.2. The number of phenolic OH excluding ortho intramolecular Hbond substituents is 1. The minimum absolute atomic E-state index is 0.0561. The van der Waals surface area contributed by atoms with E-state index in [1.807, 2.05) is 24.3 Å². The summed E-state index contributed by atoms with van der Waals surface area (Å²) in [6.45, 7) is 14.6. The standard InChI is InChI=1S/C24H36N2O2/c1-23(2,3)25-15-22(28)19-12-13-21(27)20(14-19)17-26(24(4,5)6)16-18-10-8-7-9-11-18/h7-14,22,25,27-28H,15-17H2,1-6H3. The maximum absolute atomic E-state index is 10.6. The molecule has 0 spiro atoms. The molecule has 1 atom stereocenters. The van der Waals surface area contributed by atoms with E-state index in [0.717, 1.165) is 17.7 Å². The van der Waals surface area contributed by atoms with Crippen molar-refractivity contribution in [2.45, 2.75) is 71.8 Å². The highest BCUT2D eigenvalue weighted by Crippen LogP contribution is 2.27. The van der Waals surface area contributed by atoms with Crippen molar-refractivity contribution in [3.63, 3.8) is 0 Å². The van der Waals surface area contributed by atoms with Crippen LogP contribution in [0.15, 0.2) is 48.5 Å². The van der Waals surface area contributed by atoms with Crippen molar-refractivity contribution in [2.75, 3.05) is 6.54 Å². The van der Waals surface area contributed by atoms with Crippen LogP contribution >= 0.6 is 0 Å². The van der Waals surface area contributed by atoms with Gasteiger partial charge in [-0.3, -0.25) is 4.90 Å². The third-order valence-electron chi connectivity index (χ3n) is 4.84. The van der Waals surface area contributed by atoms with Gasteiger partial charge in [-0.2, -0.15) is 0 Å². The first-order valence-electron chi connectivity index (χ1n) is 9.99. The van der Waals surface area contributed by atoms with Crippen LogP contribution in [0.4, 0.5) is 0 Å². The van der Waals surface area contributed by atoms with Crippen molar-refractivity contribution in [1.29, 1.82) is 0 Å². The number of rotatable bonds is 7. The maximum Gasteiger partial charge on any atom is 0.120 e. The molecule has 0 bridgehead atoms. The average molecular weight is 385 g/mol. The first-order chi connectivity index (χ1) is 13.0. The molecule has 4 heteroatoms. The molecule has 0 radical (unpaired) electrons. The number of aliphatic hydroxyl groups excluding tert-OH is 1. The van der Waals surface area contributed by atoms with Gasteiger partial charge in [0, 0.05) is 36.3 Å². The van der Waals surface area contributed by atoms with Crippen LogP contribution in [0.3, 0.4) is 0 Å². The molecule has 0 saturated heterocycles. The van der Waals surface area contributed by atoms with Gasteiger partial charge in [-0.05, 0) is 64.8 Å². The second-order valence-corrected chi connectivity index (χ2v) is 9.55. The topological polar surface area (TPSA) is 55.7 Å². The van der Waals surface area contributed by atoms with Crippen molar-refractivity contribution >= 4 is 0 Å². The van der Waals surface area contributed by atoms with Gasteiger partial charge in [-0.1, -0.05) is 36.4 Å². The molecule has 0 heterocycles. The maximum atomic E-state index is 10.6. The van der Waals surface area contributed by atoms with E-state index < -0.39 is 6.10 Å². The van der Waals surface area contributed by atoms with Crippen LogP contribution in [-0.2, 0) is 13.1 Å². The van der Waals surface area contributed by atoms with Crippen molar-refractivity contribution in [1.82, 2.24) is 10.2 Å². The summed E-state index contributed by atoms with van der Waals surface area (Å²) in [5.41, 5.74) is 2.77. The molecule has 2 aromatic rings.